The Kier molecular flexibility index (Phi) is 5.34. The fraction of sp³-hybridized carbons (Fsp3) is 0.556. The molecular weight excluding hydrogens is 356 g/mol. The molecule has 1 aromatic rings. The summed E-state index contributed by atoms with van der Waals surface area (Å²) in [4.78, 5) is 23.9. The number of aryl methyl sites for hydroxylation is 1. The highest BCUT2D eigenvalue weighted by atomic mass is 32.2. The molecule has 0 radical (unpaired) electrons. The second-order valence-electron chi connectivity index (χ2n) is 7.37. The molecule has 26 heavy (non-hydrogen) atoms. The van der Waals surface area contributed by atoms with Crippen molar-refractivity contribution in [3.8, 4) is 0 Å². The average Bonchev–Trinajstić information content (AvgIpc) is 3.16. The van der Waals surface area contributed by atoms with E-state index in [2.05, 4.69) is 5.32 Å². The molecule has 0 aromatic heterocycles. The number of carbonyl (C=O) groups is 2. The van der Waals surface area contributed by atoms with Crippen molar-refractivity contribution in [1.82, 2.24) is 0 Å². The van der Waals surface area contributed by atoms with Gasteiger partial charge in [-0.25, -0.2) is 13.6 Å². The third-order valence-electron chi connectivity index (χ3n) is 5.46. The summed E-state index contributed by atoms with van der Waals surface area (Å²) in [6, 6.07) is 4.41. The van der Waals surface area contributed by atoms with Crippen LogP contribution in [0, 0.1) is 24.7 Å². The number of esters is 1. The van der Waals surface area contributed by atoms with Crippen LogP contribution in [0.15, 0.2) is 23.1 Å². The van der Waals surface area contributed by atoms with Gasteiger partial charge in [0.1, 0.15) is 0 Å². The van der Waals surface area contributed by atoms with Crippen molar-refractivity contribution < 1.29 is 22.7 Å². The van der Waals surface area contributed by atoms with E-state index < -0.39 is 22.5 Å². The molecule has 2 aliphatic carbocycles. The summed E-state index contributed by atoms with van der Waals surface area (Å²) in [5.74, 6) is 0.905. The first-order chi connectivity index (χ1) is 12.2. The molecule has 2 fully saturated rings. The summed E-state index contributed by atoms with van der Waals surface area (Å²) in [6.07, 6.45) is 5.15. The number of fused-ring (bicyclic) bond motifs is 2. The van der Waals surface area contributed by atoms with Crippen molar-refractivity contribution >= 4 is 27.6 Å². The van der Waals surface area contributed by atoms with E-state index in [9.17, 15) is 18.0 Å². The van der Waals surface area contributed by atoms with Gasteiger partial charge < -0.3 is 10.1 Å². The molecule has 2 aliphatic rings. The number of primary sulfonamides is 1. The van der Waals surface area contributed by atoms with Crippen molar-refractivity contribution in [2.24, 2.45) is 22.9 Å². The Morgan fingerprint density at radius 1 is 1.27 bits per heavy atom. The van der Waals surface area contributed by atoms with Gasteiger partial charge >= 0.3 is 5.97 Å². The standard InChI is InChI=1S/C18H24N2O5S/c1-11-2-5-15(9-16(11)26(19,23)24)20-17(21)10-25-18(22)8-14-7-12-3-4-13(14)6-12/h2,5,9,12-14H,3-4,6-8,10H2,1H3,(H,20,21)(H2,19,23,24). The van der Waals surface area contributed by atoms with Gasteiger partial charge in [-0.15, -0.1) is 0 Å². The van der Waals surface area contributed by atoms with Crippen LogP contribution in [-0.2, 0) is 24.3 Å². The molecular formula is C18H24N2O5S. The van der Waals surface area contributed by atoms with Crippen molar-refractivity contribution in [3.63, 3.8) is 0 Å². The molecule has 3 unspecified atom stereocenters. The molecule has 8 heteroatoms. The van der Waals surface area contributed by atoms with Gasteiger partial charge in [-0.1, -0.05) is 12.5 Å². The Morgan fingerprint density at radius 2 is 2.04 bits per heavy atom. The van der Waals surface area contributed by atoms with E-state index in [-0.39, 0.29) is 16.6 Å². The van der Waals surface area contributed by atoms with E-state index in [0.29, 0.717) is 23.8 Å². The molecule has 1 amide bonds. The van der Waals surface area contributed by atoms with Crippen molar-refractivity contribution in [1.29, 1.82) is 0 Å². The van der Waals surface area contributed by atoms with Crippen molar-refractivity contribution in [3.05, 3.63) is 23.8 Å². The Balaban J connectivity index is 1.49. The maximum atomic E-state index is 12.0. The molecule has 0 aliphatic heterocycles. The number of amides is 1. The zero-order chi connectivity index (χ0) is 18.9. The molecule has 0 saturated heterocycles. The van der Waals surface area contributed by atoms with Crippen molar-refractivity contribution in [2.45, 2.75) is 43.9 Å². The number of nitrogens with one attached hydrogen (secondary N) is 1. The lowest BCUT2D eigenvalue weighted by Gasteiger charge is -2.20. The molecule has 0 heterocycles. The van der Waals surface area contributed by atoms with Crippen LogP contribution in [0.25, 0.3) is 0 Å². The monoisotopic (exact) mass is 380 g/mol. The second-order valence-corrected chi connectivity index (χ2v) is 8.90. The minimum Gasteiger partial charge on any atom is -0.456 e. The molecule has 3 atom stereocenters. The number of hydrogen-bond donors (Lipinski definition) is 2. The summed E-state index contributed by atoms with van der Waals surface area (Å²) in [7, 11) is -3.87. The molecule has 0 spiro atoms. The normalized spacial score (nSPS) is 24.5. The summed E-state index contributed by atoms with van der Waals surface area (Å²) in [6.45, 7) is 1.22. The van der Waals surface area contributed by atoms with Gasteiger partial charge in [-0.3, -0.25) is 9.59 Å². The molecule has 3 N–H and O–H groups in total. The molecule has 3 rings (SSSR count). The summed E-state index contributed by atoms with van der Waals surface area (Å²) in [5.41, 5.74) is 0.775. The van der Waals surface area contributed by atoms with Crippen LogP contribution in [0.3, 0.4) is 0 Å². The first-order valence-corrected chi connectivity index (χ1v) is 10.4. The average molecular weight is 380 g/mol. The van der Waals surface area contributed by atoms with E-state index in [1.54, 1.807) is 19.1 Å². The van der Waals surface area contributed by atoms with Crippen LogP contribution in [0.5, 0.6) is 0 Å². The van der Waals surface area contributed by atoms with E-state index >= 15 is 0 Å². The highest BCUT2D eigenvalue weighted by Crippen LogP contribution is 2.49. The number of carbonyl (C=O) groups excluding carboxylic acids is 2. The van der Waals surface area contributed by atoms with Crippen LogP contribution >= 0.6 is 0 Å². The highest BCUT2D eigenvalue weighted by molar-refractivity contribution is 7.89. The zero-order valence-electron chi connectivity index (χ0n) is 14.7. The number of anilines is 1. The third-order valence-corrected chi connectivity index (χ3v) is 6.51. The first kappa shape index (κ1) is 18.8. The second kappa shape index (κ2) is 7.36. The molecule has 7 nitrogen and oxygen atoms in total. The molecule has 2 bridgehead atoms. The van der Waals surface area contributed by atoms with Gasteiger partial charge in [0.25, 0.3) is 5.91 Å². The predicted octanol–water partition coefficient (Wildman–Crippen LogP) is 1.95. The summed E-state index contributed by atoms with van der Waals surface area (Å²) < 4.78 is 28.1. The Labute approximate surface area is 153 Å². The predicted molar refractivity (Wildman–Crippen MR) is 95.7 cm³/mol. The lowest BCUT2D eigenvalue weighted by atomic mass is 9.86. The van der Waals surface area contributed by atoms with Crippen molar-refractivity contribution in [2.75, 3.05) is 11.9 Å². The van der Waals surface area contributed by atoms with Crippen LogP contribution in [0.4, 0.5) is 5.69 Å². The fourth-order valence-corrected chi connectivity index (χ4v) is 5.04. The minimum absolute atomic E-state index is 0.0522. The zero-order valence-corrected chi connectivity index (χ0v) is 15.6. The topological polar surface area (TPSA) is 116 Å². The molecule has 142 valence electrons. The number of rotatable bonds is 6. The number of ether oxygens (including phenoxy) is 1. The van der Waals surface area contributed by atoms with Crippen LogP contribution in [-0.4, -0.2) is 26.9 Å². The van der Waals surface area contributed by atoms with E-state index in [0.717, 1.165) is 12.3 Å². The largest absolute Gasteiger partial charge is 0.456 e. The smallest absolute Gasteiger partial charge is 0.306 e. The summed E-state index contributed by atoms with van der Waals surface area (Å²) in [5, 5.41) is 7.67. The molecule has 1 aromatic carbocycles. The van der Waals surface area contributed by atoms with E-state index in [4.69, 9.17) is 9.88 Å². The number of nitrogens with two attached hydrogens (primary N) is 1. The first-order valence-electron chi connectivity index (χ1n) is 8.81. The van der Waals surface area contributed by atoms with Gasteiger partial charge in [0, 0.05) is 12.1 Å². The highest BCUT2D eigenvalue weighted by Gasteiger charge is 2.40. The van der Waals surface area contributed by atoms with Gasteiger partial charge in [-0.2, -0.15) is 0 Å². The third kappa shape index (κ3) is 4.42. The number of benzene rings is 1. The van der Waals surface area contributed by atoms with E-state index in [1.807, 2.05) is 0 Å². The Hall–Kier alpha value is -1.93. The van der Waals surface area contributed by atoms with Crippen LogP contribution in [0.1, 0.15) is 37.7 Å². The maximum absolute atomic E-state index is 12.0. The van der Waals surface area contributed by atoms with Gasteiger partial charge in [0.15, 0.2) is 6.61 Å². The quantitative estimate of drug-likeness (QED) is 0.732. The van der Waals surface area contributed by atoms with Gasteiger partial charge in [0.2, 0.25) is 10.0 Å². The Morgan fingerprint density at radius 3 is 2.65 bits per heavy atom. The lowest BCUT2D eigenvalue weighted by Crippen LogP contribution is -2.23. The number of hydrogen-bond acceptors (Lipinski definition) is 5. The van der Waals surface area contributed by atoms with E-state index in [1.165, 1.54) is 25.3 Å². The number of sulfonamides is 1. The molecule has 2 saturated carbocycles. The minimum atomic E-state index is -3.87. The lowest BCUT2D eigenvalue weighted by molar-refractivity contribution is -0.148. The van der Waals surface area contributed by atoms with Gasteiger partial charge in [-0.05, 0) is 61.6 Å². The maximum Gasteiger partial charge on any atom is 0.306 e. The Bertz CT molecular complexity index is 821. The van der Waals surface area contributed by atoms with Crippen LogP contribution in [0.2, 0.25) is 0 Å². The fourth-order valence-electron chi connectivity index (χ4n) is 4.23. The summed E-state index contributed by atoms with van der Waals surface area (Å²) >= 11 is 0. The van der Waals surface area contributed by atoms with Gasteiger partial charge in [0.05, 0.1) is 4.90 Å². The van der Waals surface area contributed by atoms with Crippen LogP contribution < -0.4 is 10.5 Å². The SMILES string of the molecule is Cc1ccc(NC(=O)COC(=O)CC2CC3CCC2C3)cc1S(N)(=O)=O.